The quantitative estimate of drug-likeness (QED) is 0.773. The van der Waals surface area contributed by atoms with Crippen LogP contribution >= 0.6 is 0 Å². The molecule has 0 atom stereocenters. The van der Waals surface area contributed by atoms with E-state index in [-0.39, 0.29) is 11.3 Å². The minimum atomic E-state index is -0.439. The van der Waals surface area contributed by atoms with E-state index in [0.29, 0.717) is 17.2 Å². The molecule has 0 fully saturated rings. The van der Waals surface area contributed by atoms with Gasteiger partial charge in [0.15, 0.2) is 5.75 Å². The molecule has 1 amide bonds. The molecule has 0 unspecified atom stereocenters. The van der Waals surface area contributed by atoms with E-state index in [1.54, 1.807) is 18.2 Å². The molecule has 2 N–H and O–H groups in total. The Bertz CT molecular complexity index is 897. The van der Waals surface area contributed by atoms with Crippen LogP contribution in [0.2, 0.25) is 0 Å². The lowest BCUT2D eigenvalue weighted by atomic mass is 10.2. The maximum Gasteiger partial charge on any atom is 0.276 e. The lowest BCUT2D eigenvalue weighted by molar-refractivity contribution is 0.102. The van der Waals surface area contributed by atoms with Crippen molar-refractivity contribution in [2.75, 3.05) is 5.32 Å². The average Bonchev–Trinajstić information content (AvgIpc) is 2.59. The predicted octanol–water partition coefficient (Wildman–Crippen LogP) is 3.12. The molecular formula is C18H15N3O3. The fraction of sp³-hybridized carbons (Fsp3) is 0.0556. The molecule has 0 saturated carbocycles. The third-order valence-electron chi connectivity index (χ3n) is 3.30. The molecule has 0 aliphatic rings. The van der Waals surface area contributed by atoms with E-state index >= 15 is 0 Å². The standard InChI is InChI=1S/C18H15N3O3/c1-12-6-8-13(9-7-12)24-16-5-3-2-4-14(16)19-18(23)15-10-11-17(22)21-20-15/h2-11H,1H3,(H,19,23)(H,21,22). The first-order valence-corrected chi connectivity index (χ1v) is 7.32. The van der Waals surface area contributed by atoms with Gasteiger partial charge in [-0.25, -0.2) is 5.10 Å². The van der Waals surface area contributed by atoms with Gasteiger partial charge in [0.05, 0.1) is 5.69 Å². The molecule has 0 spiro atoms. The number of nitrogens with one attached hydrogen (secondary N) is 2. The summed E-state index contributed by atoms with van der Waals surface area (Å²) in [6.07, 6.45) is 0. The first-order valence-electron chi connectivity index (χ1n) is 7.32. The largest absolute Gasteiger partial charge is 0.455 e. The molecule has 24 heavy (non-hydrogen) atoms. The topological polar surface area (TPSA) is 84.1 Å². The Kier molecular flexibility index (Phi) is 4.38. The minimum absolute atomic E-state index is 0.111. The lowest BCUT2D eigenvalue weighted by Crippen LogP contribution is -2.17. The van der Waals surface area contributed by atoms with Crippen LogP contribution in [0.15, 0.2) is 65.5 Å². The number of anilines is 1. The third kappa shape index (κ3) is 3.67. The SMILES string of the molecule is Cc1ccc(Oc2ccccc2NC(=O)c2ccc(=O)[nH]n2)cc1. The summed E-state index contributed by atoms with van der Waals surface area (Å²) < 4.78 is 5.83. The molecule has 1 aromatic heterocycles. The van der Waals surface area contributed by atoms with Crippen LogP contribution in [0.25, 0.3) is 0 Å². The van der Waals surface area contributed by atoms with Gasteiger partial charge in [0, 0.05) is 6.07 Å². The Hall–Kier alpha value is -3.41. The molecule has 0 saturated heterocycles. The van der Waals surface area contributed by atoms with E-state index in [1.807, 2.05) is 37.3 Å². The molecule has 1 heterocycles. The van der Waals surface area contributed by atoms with Gasteiger partial charge in [-0.3, -0.25) is 9.59 Å². The number of hydrogen-bond acceptors (Lipinski definition) is 4. The number of carbonyl (C=O) groups is 1. The summed E-state index contributed by atoms with van der Waals surface area (Å²) >= 11 is 0. The number of para-hydroxylation sites is 2. The van der Waals surface area contributed by atoms with E-state index < -0.39 is 5.91 Å². The van der Waals surface area contributed by atoms with Crippen molar-refractivity contribution in [1.82, 2.24) is 10.2 Å². The van der Waals surface area contributed by atoms with Crippen LogP contribution in [0.4, 0.5) is 5.69 Å². The van der Waals surface area contributed by atoms with Crippen molar-refractivity contribution in [3.63, 3.8) is 0 Å². The minimum Gasteiger partial charge on any atom is -0.455 e. The molecule has 0 aliphatic heterocycles. The van der Waals surface area contributed by atoms with E-state index in [1.165, 1.54) is 12.1 Å². The Balaban J connectivity index is 1.81. The van der Waals surface area contributed by atoms with Crippen molar-refractivity contribution in [3.05, 3.63) is 82.3 Å². The molecule has 0 aliphatic carbocycles. The third-order valence-corrected chi connectivity index (χ3v) is 3.30. The number of nitrogens with zero attached hydrogens (tertiary/aromatic N) is 1. The van der Waals surface area contributed by atoms with Crippen molar-refractivity contribution in [2.24, 2.45) is 0 Å². The van der Waals surface area contributed by atoms with Crippen LogP contribution in [0.1, 0.15) is 16.1 Å². The molecule has 0 bridgehead atoms. The van der Waals surface area contributed by atoms with Gasteiger partial charge in [-0.05, 0) is 37.3 Å². The number of benzene rings is 2. The summed E-state index contributed by atoms with van der Waals surface area (Å²) in [4.78, 5) is 23.2. The number of amides is 1. The van der Waals surface area contributed by atoms with Crippen LogP contribution in [0.5, 0.6) is 11.5 Å². The van der Waals surface area contributed by atoms with E-state index in [4.69, 9.17) is 4.74 Å². The first kappa shape index (κ1) is 15.5. The van der Waals surface area contributed by atoms with Gasteiger partial charge in [-0.2, -0.15) is 5.10 Å². The van der Waals surface area contributed by atoms with E-state index in [9.17, 15) is 9.59 Å². The molecule has 6 nitrogen and oxygen atoms in total. The van der Waals surface area contributed by atoms with Gasteiger partial charge in [-0.1, -0.05) is 29.8 Å². The Morgan fingerprint density at radius 1 is 1.04 bits per heavy atom. The zero-order valence-corrected chi connectivity index (χ0v) is 12.9. The monoisotopic (exact) mass is 321 g/mol. The summed E-state index contributed by atoms with van der Waals surface area (Å²) in [5, 5.41) is 8.67. The zero-order chi connectivity index (χ0) is 16.9. The second-order valence-corrected chi connectivity index (χ2v) is 5.17. The van der Waals surface area contributed by atoms with Gasteiger partial charge >= 0.3 is 0 Å². The van der Waals surface area contributed by atoms with Gasteiger partial charge in [0.25, 0.3) is 11.5 Å². The second kappa shape index (κ2) is 6.78. The Morgan fingerprint density at radius 3 is 2.50 bits per heavy atom. The maximum absolute atomic E-state index is 12.2. The van der Waals surface area contributed by atoms with Crippen molar-refractivity contribution >= 4 is 11.6 Å². The first-order chi connectivity index (χ1) is 11.6. The number of H-pyrrole nitrogens is 1. The maximum atomic E-state index is 12.2. The van der Waals surface area contributed by atoms with Crippen molar-refractivity contribution in [1.29, 1.82) is 0 Å². The van der Waals surface area contributed by atoms with Crippen LogP contribution < -0.4 is 15.6 Å². The summed E-state index contributed by atoms with van der Waals surface area (Å²) in [5.74, 6) is 0.745. The molecule has 0 radical (unpaired) electrons. The molecular weight excluding hydrogens is 306 g/mol. The molecule has 3 rings (SSSR count). The Labute approximate surface area is 138 Å². The zero-order valence-electron chi connectivity index (χ0n) is 12.9. The summed E-state index contributed by atoms with van der Waals surface area (Å²) in [6.45, 7) is 2.00. The lowest BCUT2D eigenvalue weighted by Gasteiger charge is -2.12. The van der Waals surface area contributed by atoms with Gasteiger partial charge in [-0.15, -0.1) is 0 Å². The Morgan fingerprint density at radius 2 is 1.79 bits per heavy atom. The number of hydrogen-bond donors (Lipinski definition) is 2. The fourth-order valence-electron chi connectivity index (χ4n) is 2.05. The summed E-state index contributed by atoms with van der Waals surface area (Å²) in [7, 11) is 0. The highest BCUT2D eigenvalue weighted by Gasteiger charge is 2.11. The van der Waals surface area contributed by atoms with Crippen LogP contribution in [-0.4, -0.2) is 16.1 Å². The fourth-order valence-corrected chi connectivity index (χ4v) is 2.05. The summed E-state index contributed by atoms with van der Waals surface area (Å²) in [6, 6.07) is 17.3. The van der Waals surface area contributed by atoms with E-state index in [2.05, 4.69) is 15.5 Å². The number of carbonyl (C=O) groups excluding carboxylic acids is 1. The normalized spacial score (nSPS) is 10.2. The van der Waals surface area contributed by atoms with Crippen LogP contribution in [0, 0.1) is 6.92 Å². The highest BCUT2D eigenvalue weighted by molar-refractivity contribution is 6.03. The number of aryl methyl sites for hydroxylation is 1. The van der Waals surface area contributed by atoms with Crippen LogP contribution in [0.3, 0.4) is 0 Å². The van der Waals surface area contributed by atoms with Crippen molar-refractivity contribution in [2.45, 2.75) is 6.92 Å². The second-order valence-electron chi connectivity index (χ2n) is 5.17. The van der Waals surface area contributed by atoms with E-state index in [0.717, 1.165) is 5.56 Å². The number of rotatable bonds is 4. The number of aromatic nitrogens is 2. The van der Waals surface area contributed by atoms with Crippen molar-refractivity contribution in [3.8, 4) is 11.5 Å². The average molecular weight is 321 g/mol. The van der Waals surface area contributed by atoms with Crippen molar-refractivity contribution < 1.29 is 9.53 Å². The highest BCUT2D eigenvalue weighted by Crippen LogP contribution is 2.29. The molecule has 2 aromatic carbocycles. The highest BCUT2D eigenvalue weighted by atomic mass is 16.5. The van der Waals surface area contributed by atoms with Crippen LogP contribution in [-0.2, 0) is 0 Å². The molecule has 6 heteroatoms. The predicted molar refractivity (Wildman–Crippen MR) is 90.5 cm³/mol. The molecule has 3 aromatic rings. The van der Waals surface area contributed by atoms with Gasteiger partial charge in [0.1, 0.15) is 11.4 Å². The van der Waals surface area contributed by atoms with Gasteiger partial charge < -0.3 is 10.1 Å². The number of aromatic amines is 1. The smallest absolute Gasteiger partial charge is 0.276 e. The van der Waals surface area contributed by atoms with Gasteiger partial charge in [0.2, 0.25) is 0 Å². The summed E-state index contributed by atoms with van der Waals surface area (Å²) in [5.41, 5.74) is 1.39. The molecule has 120 valence electrons. The number of ether oxygens (including phenoxy) is 1.